The van der Waals surface area contributed by atoms with Crippen molar-refractivity contribution in [3.63, 3.8) is 0 Å². The van der Waals surface area contributed by atoms with Crippen LogP contribution in [-0.2, 0) is 16.7 Å². The normalized spacial score (nSPS) is 21.4. The Labute approximate surface area is 372 Å². The Kier molecular flexibility index (Phi) is 9.78. The zero-order chi connectivity index (χ0) is 45.9. The average molecular weight is 885 g/mol. The zero-order valence-corrected chi connectivity index (χ0v) is 37.3. The van der Waals surface area contributed by atoms with Crippen LogP contribution >= 0.6 is 0 Å². The molecular formula is C48H50F2N10O5. The van der Waals surface area contributed by atoms with E-state index >= 15 is 13.6 Å². The maximum atomic E-state index is 16.0. The van der Waals surface area contributed by atoms with Gasteiger partial charge in [0.05, 0.1) is 34.3 Å². The molecule has 65 heavy (non-hydrogen) atoms. The minimum absolute atomic E-state index is 0.00874. The number of nitrogens with zero attached hydrogens (tertiary/aromatic N) is 7. The quantitative estimate of drug-likeness (QED) is 0.124. The Bertz CT molecular complexity index is 3200. The van der Waals surface area contributed by atoms with E-state index in [1.165, 1.54) is 27.6 Å². The molecule has 4 atom stereocenters. The number of imidazole rings is 1. The molecule has 1 saturated carbocycles. The molecular weight excluding hydrogens is 835 g/mol. The standard InChI is InChI=1S/C48H50F2N10O5/c1-25-18-32(19-26(2)40(25)49)60-42(58-16-15-57(46(58)63)37-11-9-34(52-7)33(24-51)41(37)50)39-28(4)56(14-12-35(39)54-60)43(61)38-21-31-20-29(30-13-17-64-47(5,6)23-30)8-10-36(31)59(38)48(22-27(48)3)44-53-45(62)65-55-44/h8-11,15-16,18-21,24,27-28,30,51-52H,12-14,17,22-23H2,1-7H3,(H,53,55,62)/t27-,28-,30-,48-/m0/s1. The molecule has 336 valence electrons. The summed E-state index contributed by atoms with van der Waals surface area (Å²) in [7, 11) is 1.62. The molecule has 3 aliphatic rings. The van der Waals surface area contributed by atoms with Crippen LogP contribution in [0.3, 0.4) is 0 Å². The minimum atomic E-state index is -0.867. The Morgan fingerprint density at radius 3 is 2.40 bits per heavy atom. The molecule has 4 aromatic heterocycles. The van der Waals surface area contributed by atoms with E-state index in [9.17, 15) is 9.59 Å². The van der Waals surface area contributed by atoms with Crippen LogP contribution in [0.15, 0.2) is 75.0 Å². The monoisotopic (exact) mass is 884 g/mol. The van der Waals surface area contributed by atoms with Crippen LogP contribution in [0.25, 0.3) is 28.1 Å². The smallest absolute Gasteiger partial charge is 0.388 e. The van der Waals surface area contributed by atoms with E-state index in [0.717, 1.165) is 35.5 Å². The first-order valence-electron chi connectivity index (χ1n) is 21.9. The van der Waals surface area contributed by atoms with Crippen molar-refractivity contribution in [2.75, 3.05) is 25.5 Å². The molecule has 15 nitrogen and oxygen atoms in total. The van der Waals surface area contributed by atoms with Crippen molar-refractivity contribution in [1.29, 1.82) is 5.41 Å². The van der Waals surface area contributed by atoms with Crippen LogP contribution in [0.1, 0.15) is 109 Å². The number of benzene rings is 3. The van der Waals surface area contributed by atoms with Gasteiger partial charge in [-0.1, -0.05) is 18.1 Å². The highest BCUT2D eigenvalue weighted by Gasteiger charge is 2.59. The van der Waals surface area contributed by atoms with Gasteiger partial charge in [0.2, 0.25) is 0 Å². The second-order valence-corrected chi connectivity index (χ2v) is 18.4. The second kappa shape index (κ2) is 15.1. The molecule has 0 unspecified atom stereocenters. The maximum Gasteiger partial charge on any atom is 0.438 e. The highest BCUT2D eigenvalue weighted by atomic mass is 19.1. The molecule has 6 heterocycles. The topological polar surface area (TPSA) is 174 Å². The summed E-state index contributed by atoms with van der Waals surface area (Å²) < 4.78 is 48.4. The maximum absolute atomic E-state index is 16.0. The largest absolute Gasteiger partial charge is 0.438 e. The number of amides is 1. The molecule has 0 bridgehead atoms. The molecule has 1 saturated heterocycles. The lowest BCUT2D eigenvalue weighted by Crippen LogP contribution is -2.41. The number of fused-ring (bicyclic) bond motifs is 2. The number of aromatic nitrogens is 7. The van der Waals surface area contributed by atoms with E-state index in [2.05, 4.69) is 54.4 Å². The fourth-order valence-corrected chi connectivity index (χ4v) is 10.5. The van der Waals surface area contributed by atoms with Crippen LogP contribution in [-0.4, -0.2) is 76.4 Å². The SMILES string of the molecule is CNc1ccc(-n2ccn(-c3c4c(nn3-c3cc(C)c(F)c(C)c3)CCN(C(=O)c3cc5cc([C@H]6CCOC(C)(C)C6)ccc5n3[C@@]3(c5noc(=O)[nH]5)C[C@@H]3C)[C@H]4C)c2=O)c(F)c1C=N. The number of hydrogen-bond acceptors (Lipinski definition) is 9. The molecule has 1 aliphatic carbocycles. The van der Waals surface area contributed by atoms with Gasteiger partial charge < -0.3 is 24.9 Å². The number of aryl methyl sites for hydroxylation is 2. The number of nitrogens with one attached hydrogen (secondary N) is 3. The summed E-state index contributed by atoms with van der Waals surface area (Å²) in [6, 6.07) is 14.0. The van der Waals surface area contributed by atoms with E-state index in [1.54, 1.807) is 48.7 Å². The van der Waals surface area contributed by atoms with Crippen LogP contribution in [0.4, 0.5) is 14.5 Å². The van der Waals surface area contributed by atoms with Crippen molar-refractivity contribution in [2.45, 2.75) is 90.3 Å². The van der Waals surface area contributed by atoms with Crippen LogP contribution in [0.5, 0.6) is 0 Å². The first-order chi connectivity index (χ1) is 31.1. The van der Waals surface area contributed by atoms with Gasteiger partial charge in [0, 0.05) is 67.4 Å². The van der Waals surface area contributed by atoms with Gasteiger partial charge in [-0.15, -0.1) is 0 Å². The van der Waals surface area contributed by atoms with Gasteiger partial charge >= 0.3 is 11.4 Å². The summed E-state index contributed by atoms with van der Waals surface area (Å²) in [4.78, 5) is 47.1. The number of halogens is 2. The number of ether oxygens (including phenoxy) is 1. The Morgan fingerprint density at radius 1 is 1.00 bits per heavy atom. The lowest BCUT2D eigenvalue weighted by Gasteiger charge is -2.35. The second-order valence-electron chi connectivity index (χ2n) is 18.4. The predicted octanol–water partition coefficient (Wildman–Crippen LogP) is 7.59. The van der Waals surface area contributed by atoms with Gasteiger partial charge in [-0.2, -0.15) is 5.10 Å². The summed E-state index contributed by atoms with van der Waals surface area (Å²) in [6.45, 7) is 12.4. The summed E-state index contributed by atoms with van der Waals surface area (Å²) in [5, 5.41) is 20.8. The van der Waals surface area contributed by atoms with Crippen molar-refractivity contribution >= 4 is 28.7 Å². The summed E-state index contributed by atoms with van der Waals surface area (Å²) >= 11 is 0. The molecule has 3 N–H and O–H groups in total. The Morgan fingerprint density at radius 2 is 1.74 bits per heavy atom. The number of aromatic amines is 1. The van der Waals surface area contributed by atoms with E-state index < -0.39 is 28.8 Å². The molecule has 2 fully saturated rings. The summed E-state index contributed by atoms with van der Waals surface area (Å²) in [5.41, 5.74) is 3.43. The Hall–Kier alpha value is -6.88. The highest BCUT2D eigenvalue weighted by Crippen LogP contribution is 2.56. The average Bonchev–Trinajstić information content (AvgIpc) is 3.77. The van der Waals surface area contributed by atoms with Crippen molar-refractivity contribution in [3.05, 3.63) is 139 Å². The zero-order valence-electron chi connectivity index (χ0n) is 37.3. The lowest BCUT2D eigenvalue weighted by molar-refractivity contribution is -0.0592. The van der Waals surface area contributed by atoms with E-state index in [4.69, 9.17) is 19.8 Å². The first kappa shape index (κ1) is 42.1. The number of H-pyrrole nitrogens is 1. The van der Waals surface area contributed by atoms with Crippen molar-refractivity contribution in [3.8, 4) is 17.2 Å². The molecule has 0 radical (unpaired) electrons. The van der Waals surface area contributed by atoms with E-state index in [-0.39, 0.29) is 47.0 Å². The number of anilines is 1. The minimum Gasteiger partial charge on any atom is -0.388 e. The van der Waals surface area contributed by atoms with Gasteiger partial charge in [-0.3, -0.25) is 23.4 Å². The molecule has 10 rings (SSSR count). The lowest BCUT2D eigenvalue weighted by atomic mass is 9.83. The number of carbonyl (C=O) groups excluding carboxylic acids is 1. The van der Waals surface area contributed by atoms with Gasteiger partial charge in [0.25, 0.3) is 5.91 Å². The first-order valence-corrected chi connectivity index (χ1v) is 21.9. The number of rotatable bonds is 9. The van der Waals surface area contributed by atoms with Crippen LogP contribution in [0.2, 0.25) is 0 Å². The van der Waals surface area contributed by atoms with E-state index in [1.807, 2.05) is 17.6 Å². The summed E-state index contributed by atoms with van der Waals surface area (Å²) in [5.74, 6) is -1.17. The third-order valence-corrected chi connectivity index (χ3v) is 13.9. The third-order valence-electron chi connectivity index (χ3n) is 13.9. The van der Waals surface area contributed by atoms with Gasteiger partial charge in [-0.05, 0) is 125 Å². The number of carbonyl (C=O) groups is 1. The molecule has 7 aromatic rings. The molecule has 17 heteroatoms. The van der Waals surface area contributed by atoms with Crippen LogP contribution in [0, 0.1) is 36.8 Å². The van der Waals surface area contributed by atoms with Crippen molar-refractivity contribution in [2.24, 2.45) is 5.92 Å². The summed E-state index contributed by atoms with van der Waals surface area (Å²) in [6.07, 6.45) is 6.51. The van der Waals surface area contributed by atoms with Gasteiger partial charge in [0.15, 0.2) is 11.6 Å². The van der Waals surface area contributed by atoms with Crippen molar-refractivity contribution in [1.82, 2.24) is 38.5 Å². The molecule has 0 spiro atoms. The van der Waals surface area contributed by atoms with Gasteiger partial charge in [-0.25, -0.2) is 23.1 Å². The molecule has 2 aliphatic heterocycles. The molecule has 1 amide bonds. The fourth-order valence-electron chi connectivity index (χ4n) is 10.5. The van der Waals surface area contributed by atoms with Crippen LogP contribution < -0.4 is 16.8 Å². The van der Waals surface area contributed by atoms with E-state index in [0.29, 0.717) is 70.5 Å². The Balaban J connectivity index is 1.13. The molecule has 3 aromatic carbocycles. The van der Waals surface area contributed by atoms with Gasteiger partial charge in [0.1, 0.15) is 22.9 Å². The predicted molar refractivity (Wildman–Crippen MR) is 240 cm³/mol. The highest BCUT2D eigenvalue weighted by molar-refractivity contribution is 6.00. The number of hydrogen-bond donors (Lipinski definition) is 3. The van der Waals surface area contributed by atoms with Crippen molar-refractivity contribution < 1.29 is 22.8 Å². The fraction of sp³-hybridized carbons (Fsp3) is 0.375. The third kappa shape index (κ3) is 6.52.